The highest BCUT2D eigenvalue weighted by Crippen LogP contribution is 2.29. The summed E-state index contributed by atoms with van der Waals surface area (Å²) in [5, 5.41) is 6.30. The summed E-state index contributed by atoms with van der Waals surface area (Å²) < 4.78 is 22.5. The van der Waals surface area contributed by atoms with Crippen LogP contribution in [0.2, 0.25) is 0 Å². The standard InChI is InChI=1S/C19H17FN4O3S/c1-12-7-9-13(10-8-12)17-22-19(28-24-17)27-15-6-4-3-5-14(15)16(18(25)21-2)23-26-11-20/h3-10H,11H2,1-2H3,(H,21,25)/b23-16-. The van der Waals surface area contributed by atoms with Crippen LogP contribution in [0, 0.1) is 6.92 Å². The van der Waals surface area contributed by atoms with Gasteiger partial charge in [-0.25, -0.2) is 4.39 Å². The molecule has 144 valence electrons. The van der Waals surface area contributed by atoms with E-state index in [0.717, 1.165) is 22.7 Å². The van der Waals surface area contributed by atoms with Gasteiger partial charge in [0.25, 0.3) is 18.0 Å². The number of oxime groups is 1. The van der Waals surface area contributed by atoms with Crippen LogP contribution >= 0.6 is 11.5 Å². The van der Waals surface area contributed by atoms with Gasteiger partial charge in [0.05, 0.1) is 5.56 Å². The van der Waals surface area contributed by atoms with Crippen molar-refractivity contribution in [3.63, 3.8) is 0 Å². The zero-order valence-corrected chi connectivity index (χ0v) is 16.0. The van der Waals surface area contributed by atoms with E-state index in [2.05, 4.69) is 24.7 Å². The number of ether oxygens (including phenoxy) is 1. The minimum atomic E-state index is -1.15. The number of hydrogen-bond acceptors (Lipinski definition) is 7. The molecule has 9 heteroatoms. The molecule has 2 aromatic carbocycles. The lowest BCUT2D eigenvalue weighted by atomic mass is 10.1. The van der Waals surface area contributed by atoms with Crippen molar-refractivity contribution in [2.45, 2.75) is 6.92 Å². The van der Waals surface area contributed by atoms with Crippen LogP contribution < -0.4 is 10.1 Å². The molecule has 1 heterocycles. The molecule has 0 spiro atoms. The lowest BCUT2D eigenvalue weighted by Gasteiger charge is -2.10. The van der Waals surface area contributed by atoms with E-state index < -0.39 is 12.8 Å². The molecule has 0 aliphatic carbocycles. The minimum Gasteiger partial charge on any atom is -0.429 e. The molecule has 0 aliphatic heterocycles. The first-order valence-corrected chi connectivity index (χ1v) is 9.05. The third kappa shape index (κ3) is 4.49. The maximum absolute atomic E-state index is 12.4. The third-order valence-electron chi connectivity index (χ3n) is 3.70. The Bertz CT molecular complexity index is 989. The second kappa shape index (κ2) is 9.05. The molecule has 0 saturated carbocycles. The zero-order valence-electron chi connectivity index (χ0n) is 15.2. The first kappa shape index (κ1) is 19.4. The summed E-state index contributed by atoms with van der Waals surface area (Å²) in [5.41, 5.74) is 2.23. The lowest BCUT2D eigenvalue weighted by Crippen LogP contribution is -2.29. The van der Waals surface area contributed by atoms with Gasteiger partial charge in [0, 0.05) is 24.1 Å². The molecule has 0 atom stereocenters. The molecule has 1 amide bonds. The van der Waals surface area contributed by atoms with Gasteiger partial charge in [-0.05, 0) is 19.1 Å². The second-order valence-corrected chi connectivity index (χ2v) is 6.32. The fraction of sp³-hybridized carbons (Fsp3) is 0.158. The first-order valence-electron chi connectivity index (χ1n) is 8.28. The molecular weight excluding hydrogens is 383 g/mol. The van der Waals surface area contributed by atoms with Crippen LogP contribution in [-0.2, 0) is 9.63 Å². The van der Waals surface area contributed by atoms with Crippen molar-refractivity contribution in [1.29, 1.82) is 0 Å². The van der Waals surface area contributed by atoms with Crippen molar-refractivity contribution in [2.75, 3.05) is 13.9 Å². The molecule has 0 aliphatic rings. The highest BCUT2D eigenvalue weighted by molar-refractivity contribution is 7.07. The minimum absolute atomic E-state index is 0.112. The molecule has 0 fully saturated rings. The number of amides is 1. The SMILES string of the molecule is CNC(=O)/C(=N\OCF)c1ccccc1Oc1nc(-c2ccc(C)cc2)ns1. The number of aryl methyl sites for hydroxylation is 1. The van der Waals surface area contributed by atoms with E-state index in [1.54, 1.807) is 24.3 Å². The Morgan fingerprint density at radius 1 is 1.21 bits per heavy atom. The van der Waals surface area contributed by atoms with Gasteiger partial charge in [-0.2, -0.15) is 9.36 Å². The van der Waals surface area contributed by atoms with Gasteiger partial charge in [-0.1, -0.05) is 47.1 Å². The number of benzene rings is 2. The first-order chi connectivity index (χ1) is 13.6. The number of carbonyl (C=O) groups excluding carboxylic acids is 1. The van der Waals surface area contributed by atoms with E-state index in [-0.39, 0.29) is 5.71 Å². The number of aromatic nitrogens is 2. The normalized spacial score (nSPS) is 11.2. The van der Waals surface area contributed by atoms with Crippen molar-refractivity contribution in [1.82, 2.24) is 14.7 Å². The number of nitrogens with one attached hydrogen (secondary N) is 1. The number of nitrogens with zero attached hydrogens (tertiary/aromatic N) is 3. The predicted molar refractivity (Wildman–Crippen MR) is 104 cm³/mol. The van der Waals surface area contributed by atoms with Crippen LogP contribution in [-0.4, -0.2) is 34.9 Å². The van der Waals surface area contributed by atoms with Gasteiger partial charge in [-0.15, -0.1) is 0 Å². The smallest absolute Gasteiger partial charge is 0.299 e. The number of halogens is 1. The van der Waals surface area contributed by atoms with Gasteiger partial charge < -0.3 is 14.9 Å². The Morgan fingerprint density at radius 3 is 2.68 bits per heavy atom. The Balaban J connectivity index is 1.89. The number of alkyl halides is 1. The maximum atomic E-state index is 12.4. The van der Waals surface area contributed by atoms with Gasteiger partial charge in [0.2, 0.25) is 0 Å². The summed E-state index contributed by atoms with van der Waals surface area (Å²) in [5.74, 6) is 0.319. The number of hydrogen-bond donors (Lipinski definition) is 1. The number of para-hydroxylation sites is 1. The Kier molecular flexibility index (Phi) is 6.28. The molecule has 0 unspecified atom stereocenters. The maximum Gasteiger partial charge on any atom is 0.299 e. The van der Waals surface area contributed by atoms with E-state index in [4.69, 9.17) is 4.74 Å². The van der Waals surface area contributed by atoms with E-state index in [0.29, 0.717) is 22.3 Å². The summed E-state index contributed by atoms with van der Waals surface area (Å²) in [6, 6.07) is 14.5. The predicted octanol–water partition coefficient (Wildman–Crippen LogP) is 3.70. The molecule has 0 bridgehead atoms. The highest BCUT2D eigenvalue weighted by Gasteiger charge is 2.20. The largest absolute Gasteiger partial charge is 0.429 e. The monoisotopic (exact) mass is 400 g/mol. The number of rotatable bonds is 7. The van der Waals surface area contributed by atoms with Gasteiger partial charge in [-0.3, -0.25) is 4.79 Å². The summed E-state index contributed by atoms with van der Waals surface area (Å²) in [6.07, 6.45) is 0. The average Bonchev–Trinajstić information content (AvgIpc) is 3.18. The fourth-order valence-corrected chi connectivity index (χ4v) is 2.90. The Labute approximate surface area is 165 Å². The molecule has 1 aromatic heterocycles. The molecule has 3 aromatic rings. The summed E-state index contributed by atoms with van der Waals surface area (Å²) in [6.45, 7) is 0.849. The molecule has 3 rings (SSSR count). The van der Waals surface area contributed by atoms with Crippen LogP contribution in [0.5, 0.6) is 10.9 Å². The van der Waals surface area contributed by atoms with E-state index in [9.17, 15) is 9.18 Å². The van der Waals surface area contributed by atoms with E-state index in [1.807, 2.05) is 31.2 Å². The average molecular weight is 400 g/mol. The van der Waals surface area contributed by atoms with Crippen molar-refractivity contribution < 1.29 is 18.8 Å². The Morgan fingerprint density at radius 2 is 1.96 bits per heavy atom. The van der Waals surface area contributed by atoms with E-state index >= 15 is 0 Å². The van der Waals surface area contributed by atoms with Crippen molar-refractivity contribution in [2.24, 2.45) is 5.16 Å². The fourth-order valence-electron chi connectivity index (χ4n) is 2.34. The highest BCUT2D eigenvalue weighted by atomic mass is 32.1. The zero-order chi connectivity index (χ0) is 19.9. The summed E-state index contributed by atoms with van der Waals surface area (Å²) in [7, 11) is 1.44. The van der Waals surface area contributed by atoms with E-state index in [1.165, 1.54) is 7.05 Å². The van der Waals surface area contributed by atoms with Crippen molar-refractivity contribution in [3.05, 3.63) is 59.7 Å². The third-order valence-corrected chi connectivity index (χ3v) is 4.30. The van der Waals surface area contributed by atoms with Gasteiger partial charge >= 0.3 is 0 Å². The van der Waals surface area contributed by atoms with Crippen LogP contribution in [0.25, 0.3) is 11.4 Å². The summed E-state index contributed by atoms with van der Waals surface area (Å²) >= 11 is 1.08. The molecule has 28 heavy (non-hydrogen) atoms. The van der Waals surface area contributed by atoms with Crippen molar-refractivity contribution in [3.8, 4) is 22.3 Å². The van der Waals surface area contributed by atoms with Crippen LogP contribution in [0.4, 0.5) is 4.39 Å². The second-order valence-electron chi connectivity index (χ2n) is 5.61. The number of likely N-dealkylation sites (N-methyl/N-ethyl adjacent to an activating group) is 1. The van der Waals surface area contributed by atoms with Crippen LogP contribution in [0.3, 0.4) is 0 Å². The number of carbonyl (C=O) groups is 1. The lowest BCUT2D eigenvalue weighted by molar-refractivity contribution is -0.114. The van der Waals surface area contributed by atoms with Gasteiger partial charge in [0.15, 0.2) is 11.5 Å². The molecule has 7 nitrogen and oxygen atoms in total. The van der Waals surface area contributed by atoms with Crippen LogP contribution in [0.1, 0.15) is 11.1 Å². The molecular formula is C19H17FN4O3S. The quantitative estimate of drug-likeness (QED) is 0.483. The topological polar surface area (TPSA) is 85.7 Å². The molecule has 0 radical (unpaired) electrons. The Hall–Kier alpha value is -3.33. The van der Waals surface area contributed by atoms with Crippen LogP contribution in [0.15, 0.2) is 53.7 Å². The molecule has 1 N–H and O–H groups in total. The van der Waals surface area contributed by atoms with Gasteiger partial charge in [0.1, 0.15) is 5.75 Å². The van der Waals surface area contributed by atoms with Crippen molar-refractivity contribution >= 4 is 23.2 Å². The summed E-state index contributed by atoms with van der Waals surface area (Å²) in [4.78, 5) is 20.9. The molecule has 0 saturated heterocycles.